The van der Waals surface area contributed by atoms with E-state index in [4.69, 9.17) is 11.6 Å². The minimum absolute atomic E-state index is 0.319. The molecule has 1 N–H and O–H groups in total. The monoisotopic (exact) mass is 353 g/mol. The van der Waals surface area contributed by atoms with E-state index in [0.717, 1.165) is 16.6 Å². The zero-order valence-corrected chi connectivity index (χ0v) is 14.0. The predicted octanol–water partition coefficient (Wildman–Crippen LogP) is 4.66. The summed E-state index contributed by atoms with van der Waals surface area (Å²) >= 11 is 6.12. The fraction of sp³-hybridized carbons (Fsp3) is 0.0556. The Morgan fingerprint density at radius 3 is 2.84 bits per heavy atom. The van der Waals surface area contributed by atoms with Crippen molar-refractivity contribution in [3.05, 3.63) is 71.4 Å². The van der Waals surface area contributed by atoms with E-state index in [0.29, 0.717) is 22.2 Å². The minimum Gasteiger partial charge on any atom is -0.339 e. The van der Waals surface area contributed by atoms with Crippen LogP contribution in [0.25, 0.3) is 16.7 Å². The maximum atomic E-state index is 13.4. The van der Waals surface area contributed by atoms with Gasteiger partial charge in [0.25, 0.3) is 0 Å². The summed E-state index contributed by atoms with van der Waals surface area (Å²) in [7, 11) is 0. The van der Waals surface area contributed by atoms with E-state index in [1.807, 2.05) is 25.1 Å². The molecule has 25 heavy (non-hydrogen) atoms. The molecule has 0 aliphatic carbocycles. The molecule has 0 unspecified atom stereocenters. The zero-order chi connectivity index (χ0) is 17.4. The number of halogens is 2. The van der Waals surface area contributed by atoms with Crippen molar-refractivity contribution in [2.45, 2.75) is 6.92 Å². The van der Waals surface area contributed by atoms with Crippen molar-refractivity contribution in [2.24, 2.45) is 0 Å². The van der Waals surface area contributed by atoms with Gasteiger partial charge in [0, 0.05) is 10.7 Å². The highest BCUT2D eigenvalue weighted by Crippen LogP contribution is 2.27. The second kappa shape index (κ2) is 6.14. The maximum absolute atomic E-state index is 13.4. The van der Waals surface area contributed by atoms with Crippen LogP contribution >= 0.6 is 11.6 Å². The van der Waals surface area contributed by atoms with Gasteiger partial charge in [-0.05, 0) is 42.8 Å². The normalized spacial score (nSPS) is 11.0. The largest absolute Gasteiger partial charge is 0.339 e. The Morgan fingerprint density at radius 1 is 1.12 bits per heavy atom. The number of benzene rings is 2. The molecule has 4 rings (SSSR count). The first kappa shape index (κ1) is 15.5. The first-order valence-electron chi connectivity index (χ1n) is 7.60. The molecule has 0 aliphatic heterocycles. The molecule has 0 atom stereocenters. The molecule has 2 aromatic carbocycles. The number of nitrogens with one attached hydrogen (secondary N) is 1. The summed E-state index contributed by atoms with van der Waals surface area (Å²) in [5.41, 5.74) is 3.11. The van der Waals surface area contributed by atoms with Crippen LogP contribution in [0.1, 0.15) is 5.56 Å². The van der Waals surface area contributed by atoms with Gasteiger partial charge < -0.3 is 5.32 Å². The number of hydrogen-bond acceptors (Lipinski definition) is 4. The van der Waals surface area contributed by atoms with Crippen LogP contribution in [0.5, 0.6) is 0 Å². The Kier molecular flexibility index (Phi) is 3.82. The van der Waals surface area contributed by atoms with Crippen LogP contribution in [0.2, 0.25) is 5.02 Å². The number of rotatable bonds is 3. The average Bonchev–Trinajstić information content (AvgIpc) is 3.02. The summed E-state index contributed by atoms with van der Waals surface area (Å²) in [6, 6.07) is 11.8. The molecule has 2 aromatic heterocycles. The van der Waals surface area contributed by atoms with Gasteiger partial charge in [0.15, 0.2) is 5.65 Å². The maximum Gasteiger partial charge on any atom is 0.168 e. The van der Waals surface area contributed by atoms with Crippen LogP contribution in [0, 0.1) is 12.7 Å². The summed E-state index contributed by atoms with van der Waals surface area (Å²) < 4.78 is 15.1. The lowest BCUT2D eigenvalue weighted by Crippen LogP contribution is -2.01. The molecule has 0 aliphatic rings. The first-order chi connectivity index (χ1) is 12.1. The summed E-state index contributed by atoms with van der Waals surface area (Å²) in [6.45, 7) is 1.98. The third-order valence-electron chi connectivity index (χ3n) is 3.85. The van der Waals surface area contributed by atoms with Gasteiger partial charge >= 0.3 is 0 Å². The van der Waals surface area contributed by atoms with Gasteiger partial charge in [-0.25, -0.2) is 19.0 Å². The molecule has 0 fully saturated rings. The van der Waals surface area contributed by atoms with E-state index in [9.17, 15) is 4.39 Å². The van der Waals surface area contributed by atoms with Crippen molar-refractivity contribution < 1.29 is 4.39 Å². The van der Waals surface area contributed by atoms with Gasteiger partial charge in [0.1, 0.15) is 18.0 Å². The van der Waals surface area contributed by atoms with E-state index >= 15 is 0 Å². The van der Waals surface area contributed by atoms with Crippen molar-refractivity contribution in [3.63, 3.8) is 0 Å². The molecule has 0 saturated carbocycles. The van der Waals surface area contributed by atoms with Crippen molar-refractivity contribution in [3.8, 4) is 5.69 Å². The van der Waals surface area contributed by atoms with Crippen molar-refractivity contribution in [2.75, 3.05) is 5.32 Å². The second-order valence-electron chi connectivity index (χ2n) is 5.58. The number of nitrogens with zero attached hydrogens (tertiary/aromatic N) is 4. The molecule has 0 spiro atoms. The third kappa shape index (κ3) is 2.92. The predicted molar refractivity (Wildman–Crippen MR) is 96.1 cm³/mol. The SMILES string of the molecule is Cc1ccc(Cl)cc1-n1ncc2c(Nc3cccc(F)c3)ncnc21. The molecule has 5 nitrogen and oxygen atoms in total. The zero-order valence-electron chi connectivity index (χ0n) is 13.2. The van der Waals surface area contributed by atoms with Gasteiger partial charge in [0.05, 0.1) is 17.3 Å². The quantitative estimate of drug-likeness (QED) is 0.582. The van der Waals surface area contributed by atoms with Crippen LogP contribution in [0.4, 0.5) is 15.9 Å². The van der Waals surface area contributed by atoms with E-state index in [-0.39, 0.29) is 5.82 Å². The van der Waals surface area contributed by atoms with Gasteiger partial charge in [-0.3, -0.25) is 0 Å². The van der Waals surface area contributed by atoms with Gasteiger partial charge in [0.2, 0.25) is 0 Å². The molecular formula is C18H13ClFN5. The summed E-state index contributed by atoms with van der Waals surface area (Å²) in [5, 5.41) is 8.89. The summed E-state index contributed by atoms with van der Waals surface area (Å²) in [4.78, 5) is 8.60. The van der Waals surface area contributed by atoms with E-state index in [1.54, 1.807) is 23.0 Å². The smallest absolute Gasteiger partial charge is 0.168 e. The lowest BCUT2D eigenvalue weighted by Gasteiger charge is -2.09. The van der Waals surface area contributed by atoms with E-state index in [1.165, 1.54) is 18.5 Å². The number of aryl methyl sites for hydroxylation is 1. The fourth-order valence-electron chi connectivity index (χ4n) is 2.63. The number of aromatic nitrogens is 4. The minimum atomic E-state index is -0.319. The average molecular weight is 354 g/mol. The molecule has 2 heterocycles. The summed E-state index contributed by atoms with van der Waals surface area (Å²) in [6.07, 6.45) is 3.12. The van der Waals surface area contributed by atoms with Crippen LogP contribution in [-0.4, -0.2) is 19.7 Å². The lowest BCUT2D eigenvalue weighted by atomic mass is 10.2. The number of fused-ring (bicyclic) bond motifs is 1. The van der Waals surface area contributed by atoms with E-state index < -0.39 is 0 Å². The molecule has 0 saturated heterocycles. The topological polar surface area (TPSA) is 55.6 Å². The molecule has 0 radical (unpaired) electrons. The molecular weight excluding hydrogens is 341 g/mol. The first-order valence-corrected chi connectivity index (χ1v) is 7.97. The van der Waals surface area contributed by atoms with Gasteiger partial charge in [-0.15, -0.1) is 0 Å². The third-order valence-corrected chi connectivity index (χ3v) is 4.09. The highest BCUT2D eigenvalue weighted by Gasteiger charge is 2.13. The summed E-state index contributed by atoms with van der Waals surface area (Å²) in [5.74, 6) is 0.238. The molecule has 4 aromatic rings. The van der Waals surface area contributed by atoms with Gasteiger partial charge in [-0.1, -0.05) is 23.7 Å². The number of hydrogen-bond donors (Lipinski definition) is 1. The highest BCUT2D eigenvalue weighted by molar-refractivity contribution is 6.30. The Bertz CT molecular complexity index is 1080. The van der Waals surface area contributed by atoms with Crippen LogP contribution < -0.4 is 5.32 Å². The highest BCUT2D eigenvalue weighted by atomic mass is 35.5. The second-order valence-corrected chi connectivity index (χ2v) is 6.02. The van der Waals surface area contributed by atoms with Crippen molar-refractivity contribution in [1.82, 2.24) is 19.7 Å². The Morgan fingerprint density at radius 2 is 2.00 bits per heavy atom. The fourth-order valence-corrected chi connectivity index (χ4v) is 2.80. The lowest BCUT2D eigenvalue weighted by molar-refractivity contribution is 0.628. The van der Waals surface area contributed by atoms with Crippen molar-refractivity contribution in [1.29, 1.82) is 0 Å². The Hall–Kier alpha value is -2.99. The molecule has 7 heteroatoms. The van der Waals surface area contributed by atoms with E-state index in [2.05, 4.69) is 20.4 Å². The molecule has 0 bridgehead atoms. The molecule has 0 amide bonds. The van der Waals surface area contributed by atoms with Crippen LogP contribution in [-0.2, 0) is 0 Å². The van der Waals surface area contributed by atoms with Crippen molar-refractivity contribution >= 4 is 34.1 Å². The Labute approximate surface area is 148 Å². The number of anilines is 2. The standard InChI is InChI=1S/C18H13ClFN5/c1-11-5-6-12(19)7-16(11)25-18-15(9-23-25)17(21-10-22-18)24-14-4-2-3-13(20)8-14/h2-10H,1H3,(H,21,22,24). The molecule has 124 valence electrons. The van der Waals surface area contributed by atoms with Crippen LogP contribution in [0.3, 0.4) is 0 Å². The Balaban J connectivity index is 1.82. The van der Waals surface area contributed by atoms with Crippen LogP contribution in [0.15, 0.2) is 55.0 Å². The van der Waals surface area contributed by atoms with Gasteiger partial charge in [-0.2, -0.15) is 5.10 Å².